The van der Waals surface area contributed by atoms with Crippen molar-refractivity contribution < 1.29 is 14.3 Å². The van der Waals surface area contributed by atoms with E-state index in [9.17, 15) is 4.79 Å². The molecule has 0 saturated carbocycles. The Labute approximate surface area is 97.2 Å². The summed E-state index contributed by atoms with van der Waals surface area (Å²) in [4.78, 5) is 11.7. The molecular formula is C10H11ClO3S. The van der Waals surface area contributed by atoms with Gasteiger partial charge in [0.1, 0.15) is 6.61 Å². The van der Waals surface area contributed by atoms with Gasteiger partial charge in [-0.2, -0.15) is 0 Å². The van der Waals surface area contributed by atoms with Gasteiger partial charge in [-0.25, -0.2) is 4.79 Å². The Morgan fingerprint density at radius 1 is 1.40 bits per heavy atom. The largest absolute Gasteiger partial charge is 0.467 e. The highest BCUT2D eigenvalue weighted by Gasteiger charge is 2.00. The van der Waals surface area contributed by atoms with Crippen molar-refractivity contribution in [2.75, 3.05) is 13.7 Å². The van der Waals surface area contributed by atoms with E-state index < -0.39 is 0 Å². The Hall–Kier alpha value is -0.710. The summed E-state index contributed by atoms with van der Waals surface area (Å²) in [5, 5.41) is 0. The molecule has 5 heteroatoms. The first-order valence-corrected chi connectivity index (χ1v) is 5.92. The van der Waals surface area contributed by atoms with E-state index >= 15 is 0 Å². The average molecular weight is 247 g/mol. The van der Waals surface area contributed by atoms with Gasteiger partial charge in [-0.3, -0.25) is 0 Å². The molecule has 0 aliphatic rings. The molecule has 3 nitrogen and oxygen atoms in total. The maximum atomic E-state index is 10.7. The molecule has 0 atom stereocenters. The zero-order valence-corrected chi connectivity index (χ0v) is 9.81. The molecule has 1 rings (SSSR count). The van der Waals surface area contributed by atoms with E-state index in [0.717, 1.165) is 10.5 Å². The molecule has 15 heavy (non-hydrogen) atoms. The minimum atomic E-state index is -0.372. The fourth-order valence-electron chi connectivity index (χ4n) is 0.948. The van der Waals surface area contributed by atoms with Gasteiger partial charge in [-0.1, -0.05) is 12.1 Å². The Balaban J connectivity index is 2.34. The first kappa shape index (κ1) is 12.4. The molecule has 0 saturated heterocycles. The predicted molar refractivity (Wildman–Crippen MR) is 59.8 cm³/mol. The maximum absolute atomic E-state index is 10.7. The lowest BCUT2D eigenvalue weighted by Gasteiger charge is -2.03. The lowest BCUT2D eigenvalue weighted by molar-refractivity contribution is -0.146. The van der Waals surface area contributed by atoms with Crippen molar-refractivity contribution in [3.05, 3.63) is 29.8 Å². The molecule has 0 N–H and O–H groups in total. The summed E-state index contributed by atoms with van der Waals surface area (Å²) in [6.45, 7) is 0.366. The molecular weight excluding hydrogens is 236 g/mol. The first-order valence-electron chi connectivity index (χ1n) is 4.28. The lowest BCUT2D eigenvalue weighted by atomic mass is 10.2. The number of carbonyl (C=O) groups excluding carboxylic acids is 1. The Morgan fingerprint density at radius 3 is 2.60 bits per heavy atom. The summed E-state index contributed by atoms with van der Waals surface area (Å²) in [7, 11) is 8.07. The van der Waals surface area contributed by atoms with Gasteiger partial charge in [0.2, 0.25) is 0 Å². The second kappa shape index (κ2) is 6.71. The zero-order chi connectivity index (χ0) is 11.1. The summed E-state index contributed by atoms with van der Waals surface area (Å²) in [5.74, 6) is -0.372. The quantitative estimate of drug-likeness (QED) is 0.749. The molecule has 0 unspecified atom stereocenters. The lowest BCUT2D eigenvalue weighted by Crippen LogP contribution is -2.09. The molecule has 0 amide bonds. The van der Waals surface area contributed by atoms with Crippen LogP contribution in [0.4, 0.5) is 0 Å². The smallest absolute Gasteiger partial charge is 0.331 e. The number of hydrogen-bond donors (Lipinski definition) is 0. The molecule has 82 valence electrons. The molecule has 0 heterocycles. The Morgan fingerprint density at radius 2 is 2.07 bits per heavy atom. The van der Waals surface area contributed by atoms with Crippen LogP contribution in [-0.4, -0.2) is 19.7 Å². The van der Waals surface area contributed by atoms with Crippen LogP contribution in [0.3, 0.4) is 0 Å². The minimum Gasteiger partial charge on any atom is -0.467 e. The third-order valence-electron chi connectivity index (χ3n) is 1.73. The maximum Gasteiger partial charge on any atom is 0.331 e. The summed E-state index contributed by atoms with van der Waals surface area (Å²) in [6, 6.07) is 7.60. The van der Waals surface area contributed by atoms with Gasteiger partial charge >= 0.3 is 5.97 Å². The van der Waals surface area contributed by atoms with Gasteiger partial charge in [0.25, 0.3) is 0 Å². The summed E-state index contributed by atoms with van der Waals surface area (Å²) in [5.41, 5.74) is 0.994. The van der Waals surface area contributed by atoms with E-state index in [1.807, 2.05) is 24.3 Å². The monoisotopic (exact) mass is 246 g/mol. The molecule has 0 radical (unpaired) electrons. The molecule has 0 bridgehead atoms. The minimum absolute atomic E-state index is 0.0253. The van der Waals surface area contributed by atoms with E-state index in [0.29, 0.717) is 6.61 Å². The highest BCUT2D eigenvalue weighted by Crippen LogP contribution is 2.21. The van der Waals surface area contributed by atoms with Gasteiger partial charge < -0.3 is 9.47 Å². The highest BCUT2D eigenvalue weighted by molar-refractivity contribution is 8.21. The van der Waals surface area contributed by atoms with E-state index in [1.54, 1.807) is 0 Å². The number of ether oxygens (including phenoxy) is 2. The van der Waals surface area contributed by atoms with Crippen LogP contribution in [0.25, 0.3) is 0 Å². The second-order valence-corrected chi connectivity index (χ2v) is 3.88. The van der Waals surface area contributed by atoms with Crippen molar-refractivity contribution in [1.82, 2.24) is 0 Å². The predicted octanol–water partition coefficient (Wildman–Crippen LogP) is 2.62. The SMILES string of the molecule is COC(=O)COCc1ccc(SCl)cc1. The zero-order valence-electron chi connectivity index (χ0n) is 8.23. The molecule has 1 aromatic rings. The molecule has 0 aliphatic carbocycles. The number of carbonyl (C=O) groups is 1. The standard InChI is InChI=1S/C10H11ClO3S/c1-13-10(12)7-14-6-8-2-4-9(15-11)5-3-8/h2-5H,6-7H2,1H3. The van der Waals surface area contributed by atoms with Gasteiger partial charge in [0.05, 0.1) is 13.7 Å². The van der Waals surface area contributed by atoms with Crippen LogP contribution in [0.1, 0.15) is 5.56 Å². The fourth-order valence-corrected chi connectivity index (χ4v) is 1.50. The van der Waals surface area contributed by atoms with Crippen molar-refractivity contribution >= 4 is 27.6 Å². The van der Waals surface area contributed by atoms with Gasteiger partial charge in [0, 0.05) is 4.90 Å². The number of hydrogen-bond acceptors (Lipinski definition) is 4. The topological polar surface area (TPSA) is 35.5 Å². The van der Waals surface area contributed by atoms with E-state index in [2.05, 4.69) is 4.74 Å². The van der Waals surface area contributed by atoms with Crippen LogP contribution in [-0.2, 0) is 20.9 Å². The molecule has 0 spiro atoms. The van der Waals surface area contributed by atoms with Crippen LogP contribution in [0.15, 0.2) is 29.2 Å². The first-order chi connectivity index (χ1) is 7.26. The third-order valence-corrected chi connectivity index (χ3v) is 2.71. The van der Waals surface area contributed by atoms with Gasteiger partial charge in [-0.15, -0.1) is 0 Å². The number of methoxy groups -OCH3 is 1. The van der Waals surface area contributed by atoms with Crippen molar-refractivity contribution in [2.24, 2.45) is 0 Å². The van der Waals surface area contributed by atoms with Crippen molar-refractivity contribution in [1.29, 1.82) is 0 Å². The highest BCUT2D eigenvalue weighted by atomic mass is 35.7. The Kier molecular flexibility index (Phi) is 5.53. The van der Waals surface area contributed by atoms with Crippen LogP contribution < -0.4 is 0 Å². The molecule has 0 fully saturated rings. The number of benzene rings is 1. The number of halogens is 1. The van der Waals surface area contributed by atoms with Crippen molar-refractivity contribution in [3.63, 3.8) is 0 Å². The van der Waals surface area contributed by atoms with Crippen LogP contribution in [0, 0.1) is 0 Å². The van der Waals surface area contributed by atoms with Crippen LogP contribution in [0.5, 0.6) is 0 Å². The summed E-state index contributed by atoms with van der Waals surface area (Å²) >= 11 is 0. The van der Waals surface area contributed by atoms with Crippen LogP contribution >= 0.6 is 21.7 Å². The van der Waals surface area contributed by atoms with Gasteiger partial charge in [-0.05, 0) is 39.4 Å². The van der Waals surface area contributed by atoms with Gasteiger partial charge in [0.15, 0.2) is 0 Å². The van der Waals surface area contributed by atoms with E-state index in [1.165, 1.54) is 18.1 Å². The normalized spacial score (nSPS) is 10.0. The fraction of sp³-hybridized carbons (Fsp3) is 0.300. The number of esters is 1. The molecule has 0 aliphatic heterocycles. The average Bonchev–Trinajstić information content (AvgIpc) is 2.29. The second-order valence-electron chi connectivity index (χ2n) is 2.79. The molecule has 0 aromatic heterocycles. The molecule has 1 aromatic carbocycles. The van der Waals surface area contributed by atoms with Crippen molar-refractivity contribution in [2.45, 2.75) is 11.5 Å². The van der Waals surface area contributed by atoms with Crippen LogP contribution in [0.2, 0.25) is 0 Å². The summed E-state index contributed by atoms with van der Waals surface area (Å²) < 4.78 is 9.57. The number of rotatable bonds is 5. The summed E-state index contributed by atoms with van der Waals surface area (Å²) in [6.07, 6.45) is 0. The van der Waals surface area contributed by atoms with E-state index in [4.69, 9.17) is 15.4 Å². The van der Waals surface area contributed by atoms with Crippen molar-refractivity contribution in [3.8, 4) is 0 Å². The van der Waals surface area contributed by atoms with E-state index in [-0.39, 0.29) is 12.6 Å². The third kappa shape index (κ3) is 4.55. The Bertz CT molecular complexity index is 313.